The SMILES string of the molecule is CC1CCCC1.CN1CCC(n2cnc3ncccc32)C1.c1cnc2c(c1)ncn2C1CCCC1.c1cnc2nc[nH]c2c1. The molecule has 0 radical (unpaired) electrons. The van der Waals surface area contributed by atoms with Gasteiger partial charge in [-0.05, 0) is 75.2 Å². The van der Waals surface area contributed by atoms with E-state index in [1.165, 1.54) is 64.3 Å². The number of nitrogens with one attached hydrogen (secondary N) is 1. The molecule has 1 unspecified atom stereocenters. The predicted molar refractivity (Wildman–Crippen MR) is 175 cm³/mol. The summed E-state index contributed by atoms with van der Waals surface area (Å²) < 4.78 is 4.49. The number of fused-ring (bicyclic) bond motifs is 3. The molecule has 1 saturated heterocycles. The molecule has 10 heteroatoms. The highest BCUT2D eigenvalue weighted by molar-refractivity contribution is 5.71. The number of H-pyrrole nitrogens is 1. The Morgan fingerprint density at radius 1 is 0.682 bits per heavy atom. The molecule has 1 N–H and O–H groups in total. The predicted octanol–water partition coefficient (Wildman–Crippen LogP) is 7.01. The van der Waals surface area contributed by atoms with Crippen LogP contribution in [-0.4, -0.2) is 69.1 Å². The third-order valence-corrected chi connectivity index (χ3v) is 9.00. The van der Waals surface area contributed by atoms with E-state index in [1.54, 1.807) is 18.7 Å². The summed E-state index contributed by atoms with van der Waals surface area (Å²) in [5.41, 5.74) is 5.82. The van der Waals surface area contributed by atoms with Crippen molar-refractivity contribution >= 4 is 33.5 Å². The summed E-state index contributed by atoms with van der Waals surface area (Å²) >= 11 is 0. The summed E-state index contributed by atoms with van der Waals surface area (Å²) in [5, 5.41) is 0. The molecule has 0 spiro atoms. The maximum absolute atomic E-state index is 4.39. The van der Waals surface area contributed by atoms with Gasteiger partial charge in [-0.3, -0.25) is 0 Å². The monoisotopic (exact) mass is 592 g/mol. The summed E-state index contributed by atoms with van der Waals surface area (Å²) in [6.45, 7) is 4.62. The van der Waals surface area contributed by atoms with Crippen LogP contribution in [0.4, 0.5) is 0 Å². The maximum Gasteiger partial charge on any atom is 0.177 e. The molecule has 6 aromatic rings. The zero-order valence-electron chi connectivity index (χ0n) is 26.0. The minimum absolute atomic E-state index is 0.559. The molecule has 3 fully saturated rings. The Morgan fingerprint density at radius 2 is 1.39 bits per heavy atom. The van der Waals surface area contributed by atoms with E-state index in [-0.39, 0.29) is 0 Å². The van der Waals surface area contributed by atoms with Gasteiger partial charge in [-0.25, -0.2) is 29.9 Å². The van der Waals surface area contributed by atoms with Gasteiger partial charge in [0.05, 0.1) is 30.0 Å². The number of aromatic amines is 1. The average Bonchev–Trinajstić information content (AvgIpc) is 3.90. The van der Waals surface area contributed by atoms with Gasteiger partial charge >= 0.3 is 0 Å². The molecular weight excluding hydrogens is 548 g/mol. The van der Waals surface area contributed by atoms with E-state index in [9.17, 15) is 0 Å². The van der Waals surface area contributed by atoms with Crippen LogP contribution in [0.2, 0.25) is 0 Å². The lowest BCUT2D eigenvalue weighted by Gasteiger charge is -2.12. The molecule has 0 bridgehead atoms. The van der Waals surface area contributed by atoms with Crippen molar-refractivity contribution in [2.45, 2.75) is 76.8 Å². The third kappa shape index (κ3) is 7.30. The number of rotatable bonds is 2. The number of likely N-dealkylation sites (tertiary alicyclic amines) is 1. The van der Waals surface area contributed by atoms with Crippen LogP contribution in [0, 0.1) is 5.92 Å². The normalized spacial score (nSPS) is 19.0. The Labute approximate surface area is 259 Å². The van der Waals surface area contributed by atoms with Gasteiger partial charge in [0.2, 0.25) is 0 Å². The van der Waals surface area contributed by atoms with E-state index in [1.807, 2.05) is 49.2 Å². The maximum atomic E-state index is 4.39. The van der Waals surface area contributed by atoms with Crippen LogP contribution in [0.25, 0.3) is 33.5 Å². The Bertz CT molecular complexity index is 1690. The summed E-state index contributed by atoms with van der Waals surface area (Å²) in [6, 6.07) is 13.0. The van der Waals surface area contributed by atoms with Gasteiger partial charge in [0.25, 0.3) is 0 Å². The van der Waals surface area contributed by atoms with E-state index in [2.05, 4.69) is 69.0 Å². The van der Waals surface area contributed by atoms with Crippen molar-refractivity contribution in [3.8, 4) is 0 Å². The highest BCUT2D eigenvalue weighted by Crippen LogP contribution is 2.31. The largest absolute Gasteiger partial charge is 0.343 e. The lowest BCUT2D eigenvalue weighted by Crippen LogP contribution is -2.15. The van der Waals surface area contributed by atoms with Crippen LogP contribution >= 0.6 is 0 Å². The van der Waals surface area contributed by atoms with E-state index in [0.717, 1.165) is 46.0 Å². The fraction of sp³-hybridized carbons (Fsp3) is 0.471. The summed E-state index contributed by atoms with van der Waals surface area (Å²) in [4.78, 5) is 30.6. The van der Waals surface area contributed by atoms with Crippen molar-refractivity contribution in [2.75, 3.05) is 20.1 Å². The standard InChI is InChI=1S/C11H14N4.C11H13N3.C6H5N3.C6H12/c1-14-6-4-9(7-14)15-8-13-11-10(15)3-2-5-12-11;1-2-5-9(4-1)14-8-13-10-6-3-7-12-11(10)14;1-2-5-6(7-3-1)9-4-8-5;1-6-4-2-3-5-6/h2-3,5,8-9H,4,6-7H2,1H3;3,6-9H,1-2,4-5H2;1-4H,(H,7,8,9);6H,2-5H2,1H3. The molecule has 0 amide bonds. The summed E-state index contributed by atoms with van der Waals surface area (Å²) in [7, 11) is 2.16. The molecule has 7 heterocycles. The fourth-order valence-corrected chi connectivity index (χ4v) is 6.52. The smallest absolute Gasteiger partial charge is 0.177 e. The number of nitrogens with zero attached hydrogens (tertiary/aromatic N) is 9. The Balaban J connectivity index is 0.000000109. The number of aromatic nitrogens is 9. The fourth-order valence-electron chi connectivity index (χ4n) is 6.52. The first kappa shape index (κ1) is 29.9. The number of hydrogen-bond donors (Lipinski definition) is 1. The van der Waals surface area contributed by atoms with Crippen LogP contribution in [0.1, 0.15) is 76.8 Å². The second kappa shape index (κ2) is 14.5. The second-order valence-corrected chi connectivity index (χ2v) is 12.3. The van der Waals surface area contributed by atoms with E-state index < -0.39 is 0 Å². The number of pyridine rings is 3. The number of imidazole rings is 3. The molecule has 2 saturated carbocycles. The number of likely N-dealkylation sites (N-methyl/N-ethyl adjacent to an activating group) is 1. The van der Waals surface area contributed by atoms with Gasteiger partial charge < -0.3 is 19.0 Å². The lowest BCUT2D eigenvalue weighted by molar-refractivity contribution is 0.394. The van der Waals surface area contributed by atoms with E-state index in [4.69, 9.17) is 0 Å². The third-order valence-electron chi connectivity index (χ3n) is 9.00. The molecule has 1 aliphatic heterocycles. The highest BCUT2D eigenvalue weighted by Gasteiger charge is 2.22. The van der Waals surface area contributed by atoms with Gasteiger partial charge in [0.1, 0.15) is 5.52 Å². The lowest BCUT2D eigenvalue weighted by atomic mass is 10.2. The van der Waals surface area contributed by atoms with Crippen molar-refractivity contribution in [3.63, 3.8) is 0 Å². The molecule has 10 nitrogen and oxygen atoms in total. The van der Waals surface area contributed by atoms with Gasteiger partial charge in [-0.1, -0.05) is 45.4 Å². The molecule has 6 aromatic heterocycles. The van der Waals surface area contributed by atoms with Crippen LogP contribution in [0.15, 0.2) is 74.0 Å². The van der Waals surface area contributed by atoms with Crippen molar-refractivity contribution in [3.05, 3.63) is 74.0 Å². The average molecular weight is 593 g/mol. The Morgan fingerprint density at radius 3 is 2.11 bits per heavy atom. The van der Waals surface area contributed by atoms with Gasteiger partial charge in [-0.2, -0.15) is 0 Å². The Hall–Kier alpha value is -4.18. The van der Waals surface area contributed by atoms with Crippen LogP contribution in [-0.2, 0) is 0 Å². The highest BCUT2D eigenvalue weighted by atomic mass is 15.2. The molecule has 2 aliphatic carbocycles. The topological polar surface area (TPSA) is 106 Å². The number of hydrogen-bond acceptors (Lipinski definition) is 7. The molecule has 1 atom stereocenters. The molecular formula is C34H44N10. The van der Waals surface area contributed by atoms with Crippen molar-refractivity contribution in [2.24, 2.45) is 5.92 Å². The van der Waals surface area contributed by atoms with E-state index in [0.29, 0.717) is 12.1 Å². The molecule has 230 valence electrons. The molecule has 9 rings (SSSR count). The zero-order chi connectivity index (χ0) is 30.1. The van der Waals surface area contributed by atoms with Crippen molar-refractivity contribution in [1.29, 1.82) is 0 Å². The Kier molecular flexibility index (Phi) is 9.86. The van der Waals surface area contributed by atoms with Gasteiger partial charge in [-0.15, -0.1) is 0 Å². The van der Waals surface area contributed by atoms with Crippen LogP contribution in [0.5, 0.6) is 0 Å². The zero-order valence-corrected chi connectivity index (χ0v) is 26.0. The molecule has 3 aliphatic rings. The summed E-state index contributed by atoms with van der Waals surface area (Å²) in [6.07, 6.45) is 23.3. The van der Waals surface area contributed by atoms with Crippen LogP contribution < -0.4 is 0 Å². The summed E-state index contributed by atoms with van der Waals surface area (Å²) in [5.74, 6) is 1.05. The second-order valence-electron chi connectivity index (χ2n) is 12.3. The van der Waals surface area contributed by atoms with Gasteiger partial charge in [0, 0.05) is 37.2 Å². The minimum Gasteiger partial charge on any atom is -0.343 e. The van der Waals surface area contributed by atoms with Crippen LogP contribution in [0.3, 0.4) is 0 Å². The van der Waals surface area contributed by atoms with Crippen molar-refractivity contribution < 1.29 is 0 Å². The van der Waals surface area contributed by atoms with Crippen molar-refractivity contribution in [1.82, 2.24) is 48.9 Å². The quantitative estimate of drug-likeness (QED) is 0.231. The minimum atomic E-state index is 0.559. The van der Waals surface area contributed by atoms with Gasteiger partial charge in [0.15, 0.2) is 16.9 Å². The first-order valence-electron chi connectivity index (χ1n) is 16.1. The molecule has 44 heavy (non-hydrogen) atoms. The molecule has 0 aromatic carbocycles. The van der Waals surface area contributed by atoms with E-state index >= 15 is 0 Å². The first-order chi connectivity index (χ1) is 21.7. The first-order valence-corrected chi connectivity index (χ1v) is 16.1.